The number of nitrogens with one attached hydrogen (secondary N) is 1. The van der Waals surface area contributed by atoms with E-state index in [1.807, 2.05) is 0 Å². The summed E-state index contributed by atoms with van der Waals surface area (Å²) in [5.41, 5.74) is 9.12. The monoisotopic (exact) mass is 364 g/mol. The molecule has 1 fully saturated rings. The Balaban J connectivity index is 2.19. The number of carbonyl (C=O) groups is 1. The molecule has 7 nitrogen and oxygen atoms in total. The molecule has 0 spiro atoms. The summed E-state index contributed by atoms with van der Waals surface area (Å²) >= 11 is 0. The lowest BCUT2D eigenvalue weighted by molar-refractivity contribution is 0.0548. The van der Waals surface area contributed by atoms with Gasteiger partial charge in [-0.3, -0.25) is 4.79 Å². The predicted molar refractivity (Wildman–Crippen MR) is 94.2 cm³/mol. The number of fused-ring (bicyclic) bond motifs is 1. The van der Waals surface area contributed by atoms with E-state index in [2.05, 4.69) is 11.6 Å². The summed E-state index contributed by atoms with van der Waals surface area (Å²) in [6.45, 7) is 3.93. The van der Waals surface area contributed by atoms with Crippen LogP contribution in [0.3, 0.4) is 0 Å². The minimum absolute atomic E-state index is 0.108. The average molecular weight is 364 g/mol. The molecule has 1 aliphatic heterocycles. The molecule has 26 heavy (non-hydrogen) atoms. The molecule has 1 atom stereocenters. The predicted octanol–water partition coefficient (Wildman–Crippen LogP) is 1.27. The van der Waals surface area contributed by atoms with E-state index in [1.54, 1.807) is 0 Å². The van der Waals surface area contributed by atoms with Crippen molar-refractivity contribution in [2.45, 2.75) is 12.5 Å². The molecular formula is C17H18F2N4O3. The van der Waals surface area contributed by atoms with E-state index in [9.17, 15) is 18.4 Å². The van der Waals surface area contributed by atoms with Gasteiger partial charge in [-0.05, 0) is 6.42 Å². The average Bonchev–Trinajstić information content (AvgIpc) is 3.03. The Morgan fingerprint density at radius 2 is 2.19 bits per heavy atom. The third-order valence-corrected chi connectivity index (χ3v) is 4.32. The van der Waals surface area contributed by atoms with E-state index in [4.69, 9.17) is 16.2 Å². The summed E-state index contributed by atoms with van der Waals surface area (Å²) < 4.78 is 34.5. The van der Waals surface area contributed by atoms with Crippen molar-refractivity contribution in [1.29, 1.82) is 0 Å². The fourth-order valence-electron chi connectivity index (χ4n) is 3.04. The molecule has 2 aromatic rings. The van der Waals surface area contributed by atoms with E-state index < -0.39 is 39.7 Å². The lowest BCUT2D eigenvalue weighted by Gasteiger charge is -2.21. The summed E-state index contributed by atoms with van der Waals surface area (Å²) in [6, 6.07) is -0.202. The molecule has 0 radical (unpaired) electrons. The number of H-pyrrole nitrogens is 1. The number of rotatable bonds is 4. The fraction of sp³-hybridized carbons (Fsp3) is 0.294. The van der Waals surface area contributed by atoms with E-state index in [0.29, 0.717) is 13.0 Å². The minimum Gasteiger partial charge on any atom is -0.458 e. The summed E-state index contributed by atoms with van der Waals surface area (Å²) in [4.78, 5) is 28.4. The van der Waals surface area contributed by atoms with Gasteiger partial charge in [0.05, 0.1) is 16.6 Å². The van der Waals surface area contributed by atoms with E-state index >= 15 is 0 Å². The Hall–Kier alpha value is -2.94. The van der Waals surface area contributed by atoms with Crippen LogP contribution in [0.25, 0.3) is 10.9 Å². The molecule has 1 aromatic heterocycles. The summed E-state index contributed by atoms with van der Waals surface area (Å²) in [5.74, 6) is -2.95. The van der Waals surface area contributed by atoms with Gasteiger partial charge in [0.2, 0.25) is 5.43 Å². The van der Waals surface area contributed by atoms with Crippen molar-refractivity contribution in [2.24, 2.45) is 5.73 Å². The number of nitrogens with zero attached hydrogens (tertiary/aromatic N) is 1. The maximum Gasteiger partial charge on any atom is 0.343 e. The van der Waals surface area contributed by atoms with Gasteiger partial charge in [0.15, 0.2) is 11.6 Å². The number of aromatic nitrogens is 1. The first-order valence-corrected chi connectivity index (χ1v) is 7.97. The number of halogens is 2. The maximum atomic E-state index is 14.9. The SMILES string of the molecule is C=CCOC(=O)c1c[nH]c2c(F)c(N3CCC(N)C3)c(F)c(N)c2c1=O. The van der Waals surface area contributed by atoms with Crippen LogP contribution in [-0.4, -0.2) is 36.7 Å². The summed E-state index contributed by atoms with van der Waals surface area (Å²) in [5, 5.41) is -0.430. The second kappa shape index (κ2) is 6.75. The van der Waals surface area contributed by atoms with Crippen LogP contribution in [-0.2, 0) is 4.74 Å². The van der Waals surface area contributed by atoms with Crippen molar-refractivity contribution < 1.29 is 18.3 Å². The second-order valence-corrected chi connectivity index (χ2v) is 6.05. The first kappa shape index (κ1) is 17.9. The smallest absolute Gasteiger partial charge is 0.343 e. The van der Waals surface area contributed by atoms with Crippen molar-refractivity contribution >= 4 is 28.2 Å². The Labute approximate surface area is 147 Å². The number of hydrogen-bond acceptors (Lipinski definition) is 6. The van der Waals surface area contributed by atoms with E-state index in [0.717, 1.165) is 6.20 Å². The van der Waals surface area contributed by atoms with Gasteiger partial charge in [0.1, 0.15) is 17.9 Å². The largest absolute Gasteiger partial charge is 0.458 e. The lowest BCUT2D eigenvalue weighted by Crippen LogP contribution is -2.28. The van der Waals surface area contributed by atoms with E-state index in [1.165, 1.54) is 11.0 Å². The van der Waals surface area contributed by atoms with Crippen LogP contribution in [0.5, 0.6) is 0 Å². The minimum atomic E-state index is -1.05. The molecule has 9 heteroatoms. The molecular weight excluding hydrogens is 346 g/mol. The zero-order valence-electron chi connectivity index (χ0n) is 13.9. The number of anilines is 2. The van der Waals surface area contributed by atoms with Gasteiger partial charge >= 0.3 is 5.97 Å². The molecule has 1 aromatic carbocycles. The Morgan fingerprint density at radius 3 is 2.81 bits per heavy atom. The Bertz CT molecular complexity index is 957. The molecule has 0 saturated carbocycles. The van der Waals surface area contributed by atoms with Crippen molar-refractivity contribution in [1.82, 2.24) is 4.98 Å². The number of hydrogen-bond donors (Lipinski definition) is 3. The Kier molecular flexibility index (Phi) is 4.64. The first-order valence-electron chi connectivity index (χ1n) is 7.97. The van der Waals surface area contributed by atoms with E-state index in [-0.39, 0.29) is 30.4 Å². The molecule has 0 amide bonds. The fourth-order valence-corrected chi connectivity index (χ4v) is 3.04. The topological polar surface area (TPSA) is 114 Å². The molecule has 2 heterocycles. The van der Waals surface area contributed by atoms with Crippen LogP contribution in [0.1, 0.15) is 16.8 Å². The van der Waals surface area contributed by atoms with Crippen LogP contribution in [0.2, 0.25) is 0 Å². The third kappa shape index (κ3) is 2.80. The van der Waals surface area contributed by atoms with Crippen LogP contribution in [0.15, 0.2) is 23.6 Å². The molecule has 0 bridgehead atoms. The highest BCUT2D eigenvalue weighted by atomic mass is 19.1. The normalized spacial score (nSPS) is 16.9. The molecule has 1 aliphatic rings. The number of nitrogen functional groups attached to an aromatic ring is 1. The maximum absolute atomic E-state index is 14.9. The summed E-state index contributed by atoms with van der Waals surface area (Å²) in [7, 11) is 0. The number of carbonyl (C=O) groups excluding carboxylic acids is 1. The molecule has 1 saturated heterocycles. The van der Waals surface area contributed by atoms with Crippen molar-refractivity contribution in [3.8, 4) is 0 Å². The highest BCUT2D eigenvalue weighted by Crippen LogP contribution is 2.35. The standard InChI is InChI=1S/C17H18F2N4O3/c1-2-5-26-17(25)9-6-22-14-10(16(9)24)13(21)11(18)15(12(14)19)23-4-3-8(20)7-23/h2,6,8H,1,3-5,7,20-21H2,(H,22,24). The van der Waals surface area contributed by atoms with Crippen LogP contribution >= 0.6 is 0 Å². The van der Waals surface area contributed by atoms with Crippen LogP contribution in [0.4, 0.5) is 20.2 Å². The molecule has 0 aliphatic carbocycles. The number of aromatic amines is 1. The van der Waals surface area contributed by atoms with Crippen LogP contribution in [0, 0.1) is 11.6 Å². The quantitative estimate of drug-likeness (QED) is 0.428. The van der Waals surface area contributed by atoms with Crippen LogP contribution < -0.4 is 21.8 Å². The van der Waals surface area contributed by atoms with Gasteiger partial charge < -0.3 is 26.1 Å². The highest BCUT2D eigenvalue weighted by Gasteiger charge is 2.30. The lowest BCUT2D eigenvalue weighted by atomic mass is 10.1. The number of nitrogens with two attached hydrogens (primary N) is 2. The highest BCUT2D eigenvalue weighted by molar-refractivity contribution is 5.99. The van der Waals surface area contributed by atoms with Gasteiger partial charge in [-0.25, -0.2) is 13.6 Å². The number of ether oxygens (including phenoxy) is 1. The zero-order valence-corrected chi connectivity index (χ0v) is 13.9. The molecule has 138 valence electrons. The van der Waals surface area contributed by atoms with Crippen molar-refractivity contribution in [3.05, 3.63) is 46.3 Å². The van der Waals surface area contributed by atoms with Gasteiger partial charge in [-0.15, -0.1) is 0 Å². The third-order valence-electron chi connectivity index (χ3n) is 4.32. The number of benzene rings is 1. The molecule has 1 unspecified atom stereocenters. The number of pyridine rings is 1. The van der Waals surface area contributed by atoms with Gasteiger partial charge in [0, 0.05) is 25.3 Å². The zero-order chi connectivity index (χ0) is 19.0. The Morgan fingerprint density at radius 1 is 1.46 bits per heavy atom. The summed E-state index contributed by atoms with van der Waals surface area (Å²) in [6.07, 6.45) is 2.94. The first-order chi connectivity index (χ1) is 12.4. The molecule has 3 rings (SSSR count). The van der Waals surface area contributed by atoms with Crippen molar-refractivity contribution in [2.75, 3.05) is 30.3 Å². The number of esters is 1. The van der Waals surface area contributed by atoms with Gasteiger partial charge in [-0.2, -0.15) is 0 Å². The molecule has 5 N–H and O–H groups in total. The van der Waals surface area contributed by atoms with Gasteiger partial charge in [-0.1, -0.05) is 12.7 Å². The second-order valence-electron chi connectivity index (χ2n) is 6.05. The van der Waals surface area contributed by atoms with Crippen molar-refractivity contribution in [3.63, 3.8) is 0 Å². The van der Waals surface area contributed by atoms with Gasteiger partial charge in [0.25, 0.3) is 0 Å².